The van der Waals surface area contributed by atoms with Crippen molar-refractivity contribution in [3.05, 3.63) is 29.8 Å². The van der Waals surface area contributed by atoms with Gasteiger partial charge in [-0.25, -0.2) is 0 Å². The molecule has 2 rings (SSSR count). The summed E-state index contributed by atoms with van der Waals surface area (Å²) in [7, 11) is 1.92. The first-order valence-electron chi connectivity index (χ1n) is 6.36. The minimum Gasteiger partial charge on any atom is -0.492 e. The van der Waals surface area contributed by atoms with Crippen LogP contribution >= 0.6 is 0 Å². The molecule has 4 nitrogen and oxygen atoms in total. The number of para-hydroxylation sites is 1. The molecule has 18 heavy (non-hydrogen) atoms. The Labute approximate surface area is 108 Å². The van der Waals surface area contributed by atoms with Crippen LogP contribution in [-0.4, -0.2) is 32.7 Å². The number of ether oxygens (including phenoxy) is 1. The zero-order chi connectivity index (χ0) is 13.0. The first kappa shape index (κ1) is 12.9. The number of carbonyl (C=O) groups excluding carboxylic acids is 1. The summed E-state index contributed by atoms with van der Waals surface area (Å²) in [5.74, 6) is 1.16. The molecule has 0 aromatic heterocycles. The molecule has 0 saturated heterocycles. The van der Waals surface area contributed by atoms with Crippen molar-refractivity contribution in [3.8, 4) is 5.75 Å². The van der Waals surface area contributed by atoms with E-state index in [4.69, 9.17) is 4.74 Å². The average Bonchev–Trinajstić information content (AvgIpc) is 2.80. The molecule has 0 radical (unpaired) electrons. The van der Waals surface area contributed by atoms with Crippen molar-refractivity contribution in [2.24, 2.45) is 5.92 Å². The highest BCUT2D eigenvalue weighted by Gasteiger charge is 2.29. The molecule has 1 aliphatic heterocycles. The molecular formula is C14H20N2O2. The van der Waals surface area contributed by atoms with E-state index in [1.54, 1.807) is 0 Å². The summed E-state index contributed by atoms with van der Waals surface area (Å²) in [5, 5.41) is 6.09. The molecule has 0 bridgehead atoms. The van der Waals surface area contributed by atoms with Crippen LogP contribution in [0, 0.1) is 5.92 Å². The van der Waals surface area contributed by atoms with Crippen LogP contribution in [0.3, 0.4) is 0 Å². The van der Waals surface area contributed by atoms with Gasteiger partial charge in [-0.15, -0.1) is 0 Å². The van der Waals surface area contributed by atoms with Crippen LogP contribution in [0.5, 0.6) is 5.75 Å². The summed E-state index contributed by atoms with van der Waals surface area (Å²) >= 11 is 0. The minimum atomic E-state index is -0.164. The third-order valence-electron chi connectivity index (χ3n) is 3.19. The Morgan fingerprint density at radius 3 is 3.00 bits per heavy atom. The number of benzene rings is 1. The second-order valence-electron chi connectivity index (χ2n) is 4.81. The topological polar surface area (TPSA) is 50.4 Å². The molecule has 1 aliphatic rings. The standard InChI is InChI=1S/C14H20N2O2/c1-10(7-15-2)8-16-14(17)12-9-18-13-6-4-3-5-11(12)13/h3-6,10,12,15H,7-9H2,1-2H3,(H,16,17). The molecule has 0 spiro atoms. The predicted octanol–water partition coefficient (Wildman–Crippen LogP) is 1.13. The molecule has 0 fully saturated rings. The van der Waals surface area contributed by atoms with Gasteiger partial charge in [0.2, 0.25) is 5.91 Å². The van der Waals surface area contributed by atoms with Gasteiger partial charge in [0.1, 0.15) is 18.3 Å². The zero-order valence-electron chi connectivity index (χ0n) is 10.9. The first-order valence-corrected chi connectivity index (χ1v) is 6.36. The number of rotatable bonds is 5. The lowest BCUT2D eigenvalue weighted by Gasteiger charge is -2.14. The SMILES string of the molecule is CNCC(C)CNC(=O)C1COc2ccccc21. The van der Waals surface area contributed by atoms with E-state index in [-0.39, 0.29) is 11.8 Å². The van der Waals surface area contributed by atoms with Crippen LogP contribution in [0.2, 0.25) is 0 Å². The van der Waals surface area contributed by atoms with E-state index in [0.717, 1.165) is 17.9 Å². The van der Waals surface area contributed by atoms with E-state index >= 15 is 0 Å². The number of hydrogen-bond donors (Lipinski definition) is 2. The molecule has 1 amide bonds. The Balaban J connectivity index is 1.91. The van der Waals surface area contributed by atoms with Gasteiger partial charge in [0.05, 0.1) is 0 Å². The molecule has 0 aliphatic carbocycles. The van der Waals surface area contributed by atoms with E-state index in [1.165, 1.54) is 0 Å². The summed E-state index contributed by atoms with van der Waals surface area (Å²) in [6.07, 6.45) is 0. The van der Waals surface area contributed by atoms with Crippen LogP contribution < -0.4 is 15.4 Å². The van der Waals surface area contributed by atoms with Crippen LogP contribution in [-0.2, 0) is 4.79 Å². The molecule has 1 aromatic carbocycles. The van der Waals surface area contributed by atoms with Gasteiger partial charge in [-0.2, -0.15) is 0 Å². The maximum Gasteiger partial charge on any atom is 0.231 e. The van der Waals surface area contributed by atoms with E-state index in [0.29, 0.717) is 19.1 Å². The summed E-state index contributed by atoms with van der Waals surface area (Å²) < 4.78 is 5.51. The lowest BCUT2D eigenvalue weighted by molar-refractivity contribution is -0.122. The molecule has 2 N–H and O–H groups in total. The third-order valence-corrected chi connectivity index (χ3v) is 3.19. The van der Waals surface area contributed by atoms with Gasteiger partial charge in [-0.05, 0) is 25.6 Å². The number of fused-ring (bicyclic) bond motifs is 1. The van der Waals surface area contributed by atoms with Gasteiger partial charge >= 0.3 is 0 Å². The number of amides is 1. The molecule has 2 unspecified atom stereocenters. The average molecular weight is 248 g/mol. The van der Waals surface area contributed by atoms with Crippen molar-refractivity contribution in [1.29, 1.82) is 0 Å². The highest BCUT2D eigenvalue weighted by molar-refractivity contribution is 5.85. The first-order chi connectivity index (χ1) is 8.72. The van der Waals surface area contributed by atoms with E-state index in [9.17, 15) is 4.79 Å². The number of carbonyl (C=O) groups is 1. The van der Waals surface area contributed by atoms with Crippen molar-refractivity contribution in [2.75, 3.05) is 26.7 Å². The van der Waals surface area contributed by atoms with Crippen LogP contribution in [0.4, 0.5) is 0 Å². The fourth-order valence-corrected chi connectivity index (χ4v) is 2.20. The second kappa shape index (κ2) is 5.87. The number of hydrogen-bond acceptors (Lipinski definition) is 3. The maximum atomic E-state index is 12.1. The van der Waals surface area contributed by atoms with Crippen molar-refractivity contribution in [2.45, 2.75) is 12.8 Å². The fourth-order valence-electron chi connectivity index (χ4n) is 2.20. The summed E-state index contributed by atoms with van der Waals surface area (Å²) in [6, 6.07) is 7.74. The molecular weight excluding hydrogens is 228 g/mol. The van der Waals surface area contributed by atoms with Gasteiger partial charge in [-0.1, -0.05) is 25.1 Å². The quantitative estimate of drug-likeness (QED) is 0.821. The Morgan fingerprint density at radius 2 is 2.22 bits per heavy atom. The Hall–Kier alpha value is -1.55. The highest BCUT2D eigenvalue weighted by Crippen LogP contribution is 2.33. The van der Waals surface area contributed by atoms with Crippen LogP contribution in [0.25, 0.3) is 0 Å². The van der Waals surface area contributed by atoms with E-state index in [2.05, 4.69) is 17.6 Å². The zero-order valence-corrected chi connectivity index (χ0v) is 10.9. The van der Waals surface area contributed by atoms with Crippen molar-refractivity contribution in [3.63, 3.8) is 0 Å². The van der Waals surface area contributed by atoms with Gasteiger partial charge in [0, 0.05) is 12.1 Å². The monoisotopic (exact) mass is 248 g/mol. The van der Waals surface area contributed by atoms with Crippen LogP contribution in [0.15, 0.2) is 24.3 Å². The molecule has 2 atom stereocenters. The molecule has 0 saturated carbocycles. The minimum absolute atomic E-state index is 0.0582. The summed E-state index contributed by atoms with van der Waals surface area (Å²) in [4.78, 5) is 12.1. The van der Waals surface area contributed by atoms with E-state index in [1.807, 2.05) is 31.3 Å². The lowest BCUT2D eigenvalue weighted by Crippen LogP contribution is -2.35. The van der Waals surface area contributed by atoms with Gasteiger partial charge < -0.3 is 15.4 Å². The highest BCUT2D eigenvalue weighted by atomic mass is 16.5. The van der Waals surface area contributed by atoms with Gasteiger partial charge in [0.15, 0.2) is 0 Å². The maximum absolute atomic E-state index is 12.1. The smallest absolute Gasteiger partial charge is 0.231 e. The predicted molar refractivity (Wildman–Crippen MR) is 70.8 cm³/mol. The molecule has 4 heteroatoms. The van der Waals surface area contributed by atoms with Crippen molar-refractivity contribution < 1.29 is 9.53 Å². The summed E-state index contributed by atoms with van der Waals surface area (Å²) in [6.45, 7) is 4.15. The Morgan fingerprint density at radius 1 is 1.44 bits per heavy atom. The van der Waals surface area contributed by atoms with E-state index < -0.39 is 0 Å². The fraction of sp³-hybridized carbons (Fsp3) is 0.500. The van der Waals surface area contributed by atoms with Crippen LogP contribution in [0.1, 0.15) is 18.4 Å². The molecule has 98 valence electrons. The lowest BCUT2D eigenvalue weighted by atomic mass is 10.0. The Kier molecular flexibility index (Phi) is 4.20. The third kappa shape index (κ3) is 2.82. The second-order valence-corrected chi connectivity index (χ2v) is 4.81. The van der Waals surface area contributed by atoms with Crippen molar-refractivity contribution >= 4 is 5.91 Å². The summed E-state index contributed by atoms with van der Waals surface area (Å²) in [5.41, 5.74) is 0.997. The van der Waals surface area contributed by atoms with Crippen molar-refractivity contribution in [1.82, 2.24) is 10.6 Å². The molecule has 1 heterocycles. The normalized spacial score (nSPS) is 18.9. The molecule has 1 aromatic rings. The van der Waals surface area contributed by atoms with Gasteiger partial charge in [0.25, 0.3) is 0 Å². The number of nitrogens with one attached hydrogen (secondary N) is 2. The Bertz CT molecular complexity index is 420. The largest absolute Gasteiger partial charge is 0.492 e. The van der Waals surface area contributed by atoms with Gasteiger partial charge in [-0.3, -0.25) is 4.79 Å².